The molecule has 2 atom stereocenters. The molecular formula is C12H22N2O2. The molecule has 4 heteroatoms. The third-order valence-electron chi connectivity index (χ3n) is 3.60. The summed E-state index contributed by atoms with van der Waals surface area (Å²) >= 11 is 0. The molecule has 0 saturated heterocycles. The van der Waals surface area contributed by atoms with E-state index in [0.29, 0.717) is 12.6 Å². The van der Waals surface area contributed by atoms with Gasteiger partial charge in [0.2, 0.25) is 5.91 Å². The van der Waals surface area contributed by atoms with Crippen LogP contribution in [0.4, 0.5) is 0 Å². The van der Waals surface area contributed by atoms with Gasteiger partial charge in [0.05, 0.1) is 12.6 Å². The maximum Gasteiger partial charge on any atom is 0.234 e. The molecule has 4 nitrogen and oxygen atoms in total. The van der Waals surface area contributed by atoms with Crippen LogP contribution in [0.15, 0.2) is 0 Å². The van der Waals surface area contributed by atoms with Gasteiger partial charge in [-0.15, -0.1) is 0 Å². The van der Waals surface area contributed by atoms with E-state index in [9.17, 15) is 9.90 Å². The highest BCUT2D eigenvalue weighted by molar-refractivity contribution is 5.78. The molecule has 2 aliphatic rings. The molecule has 0 aromatic carbocycles. The minimum absolute atomic E-state index is 0.0998. The molecular weight excluding hydrogens is 204 g/mol. The van der Waals surface area contributed by atoms with E-state index < -0.39 is 0 Å². The van der Waals surface area contributed by atoms with Gasteiger partial charge in [-0.05, 0) is 32.7 Å². The number of carbonyl (C=O) groups is 1. The van der Waals surface area contributed by atoms with Crippen LogP contribution in [0.3, 0.4) is 0 Å². The number of hydrogen-bond acceptors (Lipinski definition) is 3. The molecule has 92 valence electrons. The minimum atomic E-state index is -0.257. The van der Waals surface area contributed by atoms with E-state index >= 15 is 0 Å². The van der Waals surface area contributed by atoms with Crippen molar-refractivity contribution in [3.05, 3.63) is 0 Å². The van der Waals surface area contributed by atoms with E-state index in [4.69, 9.17) is 0 Å². The average Bonchev–Trinajstić information content (AvgIpc) is 3.01. The van der Waals surface area contributed by atoms with Crippen molar-refractivity contribution in [3.8, 4) is 0 Å². The van der Waals surface area contributed by atoms with Crippen LogP contribution >= 0.6 is 0 Å². The molecule has 0 aromatic heterocycles. The van der Waals surface area contributed by atoms with Crippen molar-refractivity contribution < 1.29 is 9.90 Å². The molecule has 2 saturated carbocycles. The number of carbonyl (C=O) groups excluding carboxylic acids is 1. The summed E-state index contributed by atoms with van der Waals surface area (Å²) in [6.07, 6.45) is 6.15. The fraction of sp³-hybridized carbons (Fsp3) is 0.917. The molecule has 2 fully saturated rings. The number of amides is 1. The van der Waals surface area contributed by atoms with E-state index in [1.165, 1.54) is 0 Å². The molecule has 0 aromatic rings. The zero-order chi connectivity index (χ0) is 11.5. The van der Waals surface area contributed by atoms with Crippen LogP contribution in [0.1, 0.15) is 38.5 Å². The van der Waals surface area contributed by atoms with Crippen molar-refractivity contribution in [3.63, 3.8) is 0 Å². The van der Waals surface area contributed by atoms with Gasteiger partial charge in [-0.3, -0.25) is 9.69 Å². The largest absolute Gasteiger partial charge is 0.391 e. The Morgan fingerprint density at radius 2 is 2.00 bits per heavy atom. The van der Waals surface area contributed by atoms with Crippen LogP contribution in [0.5, 0.6) is 0 Å². The summed E-state index contributed by atoms with van der Waals surface area (Å²) < 4.78 is 0. The number of hydrogen-bond donors (Lipinski definition) is 2. The Labute approximate surface area is 97.0 Å². The number of rotatable bonds is 4. The number of likely N-dealkylation sites (N-methyl/N-ethyl adjacent to an activating group) is 1. The first-order valence-corrected chi connectivity index (χ1v) is 6.34. The first kappa shape index (κ1) is 11.9. The van der Waals surface area contributed by atoms with E-state index in [2.05, 4.69) is 5.32 Å². The highest BCUT2D eigenvalue weighted by Crippen LogP contribution is 2.22. The zero-order valence-corrected chi connectivity index (χ0v) is 9.98. The lowest BCUT2D eigenvalue weighted by atomic mass is 9.91. The molecule has 0 bridgehead atoms. The quantitative estimate of drug-likeness (QED) is 0.734. The Balaban J connectivity index is 1.76. The molecule has 2 N–H and O–H groups in total. The summed E-state index contributed by atoms with van der Waals surface area (Å²) in [7, 11) is 1.94. The zero-order valence-electron chi connectivity index (χ0n) is 9.98. The first-order valence-electron chi connectivity index (χ1n) is 6.34. The molecule has 0 radical (unpaired) electrons. The van der Waals surface area contributed by atoms with Crippen LogP contribution in [-0.2, 0) is 4.79 Å². The smallest absolute Gasteiger partial charge is 0.234 e. The molecule has 16 heavy (non-hydrogen) atoms. The van der Waals surface area contributed by atoms with Crippen LogP contribution in [0, 0.1) is 0 Å². The Hall–Kier alpha value is -0.610. The Morgan fingerprint density at radius 1 is 1.31 bits per heavy atom. The standard InChI is InChI=1S/C12H22N2O2/c1-14(8-12(16)13-9-6-7-9)10-4-2-3-5-11(10)15/h9-11,15H,2-8H2,1H3,(H,13,16). The van der Waals surface area contributed by atoms with Gasteiger partial charge in [-0.2, -0.15) is 0 Å². The molecule has 2 unspecified atom stereocenters. The van der Waals surface area contributed by atoms with E-state index in [0.717, 1.165) is 38.5 Å². The average molecular weight is 226 g/mol. The number of nitrogens with zero attached hydrogens (tertiary/aromatic N) is 1. The Bertz CT molecular complexity index is 253. The summed E-state index contributed by atoms with van der Waals surface area (Å²) in [6, 6.07) is 0.593. The van der Waals surface area contributed by atoms with Crippen molar-refractivity contribution in [2.75, 3.05) is 13.6 Å². The van der Waals surface area contributed by atoms with E-state index in [1.54, 1.807) is 0 Å². The number of aliphatic hydroxyl groups is 1. The van der Waals surface area contributed by atoms with Crippen LogP contribution < -0.4 is 5.32 Å². The van der Waals surface area contributed by atoms with Gasteiger partial charge in [0.1, 0.15) is 0 Å². The van der Waals surface area contributed by atoms with Crippen LogP contribution in [0.2, 0.25) is 0 Å². The first-order chi connectivity index (χ1) is 7.66. The van der Waals surface area contributed by atoms with Gasteiger partial charge >= 0.3 is 0 Å². The molecule has 2 rings (SSSR count). The van der Waals surface area contributed by atoms with Gasteiger partial charge in [-0.25, -0.2) is 0 Å². The summed E-state index contributed by atoms with van der Waals surface area (Å²) in [5, 5.41) is 12.8. The maximum atomic E-state index is 11.6. The summed E-state index contributed by atoms with van der Waals surface area (Å²) in [5.74, 6) is 0.0998. The second-order valence-corrected chi connectivity index (χ2v) is 5.18. The van der Waals surface area contributed by atoms with Gasteiger partial charge < -0.3 is 10.4 Å². The molecule has 2 aliphatic carbocycles. The topological polar surface area (TPSA) is 52.6 Å². The normalized spacial score (nSPS) is 30.4. The van der Waals surface area contributed by atoms with Gasteiger partial charge in [0, 0.05) is 12.1 Å². The van der Waals surface area contributed by atoms with E-state index in [-0.39, 0.29) is 18.1 Å². The highest BCUT2D eigenvalue weighted by atomic mass is 16.3. The number of nitrogens with one attached hydrogen (secondary N) is 1. The van der Waals surface area contributed by atoms with Crippen molar-refractivity contribution in [2.24, 2.45) is 0 Å². The van der Waals surface area contributed by atoms with Gasteiger partial charge in [0.25, 0.3) is 0 Å². The monoisotopic (exact) mass is 226 g/mol. The van der Waals surface area contributed by atoms with Crippen molar-refractivity contribution in [2.45, 2.75) is 56.7 Å². The fourth-order valence-electron chi connectivity index (χ4n) is 2.45. The lowest BCUT2D eigenvalue weighted by Crippen LogP contribution is -2.47. The van der Waals surface area contributed by atoms with Crippen LogP contribution in [0.25, 0.3) is 0 Å². The highest BCUT2D eigenvalue weighted by Gasteiger charge is 2.29. The second-order valence-electron chi connectivity index (χ2n) is 5.18. The predicted molar refractivity (Wildman–Crippen MR) is 62.1 cm³/mol. The molecule has 1 amide bonds. The Morgan fingerprint density at radius 3 is 2.62 bits per heavy atom. The van der Waals surface area contributed by atoms with E-state index in [1.807, 2.05) is 11.9 Å². The SMILES string of the molecule is CN(CC(=O)NC1CC1)C1CCCCC1O. The lowest BCUT2D eigenvalue weighted by Gasteiger charge is -2.34. The molecule has 0 aliphatic heterocycles. The van der Waals surface area contributed by atoms with Gasteiger partial charge in [-0.1, -0.05) is 12.8 Å². The third-order valence-corrected chi connectivity index (χ3v) is 3.60. The predicted octanol–water partition coefficient (Wildman–Crippen LogP) is 0.500. The second kappa shape index (κ2) is 5.15. The molecule has 0 heterocycles. The van der Waals surface area contributed by atoms with Crippen molar-refractivity contribution in [1.29, 1.82) is 0 Å². The van der Waals surface area contributed by atoms with Crippen LogP contribution in [-0.4, -0.2) is 47.7 Å². The maximum absolute atomic E-state index is 11.6. The van der Waals surface area contributed by atoms with Crippen molar-refractivity contribution >= 4 is 5.91 Å². The summed E-state index contributed by atoms with van der Waals surface area (Å²) in [5.41, 5.74) is 0. The third kappa shape index (κ3) is 3.19. The summed E-state index contributed by atoms with van der Waals surface area (Å²) in [6.45, 7) is 0.415. The minimum Gasteiger partial charge on any atom is -0.391 e. The summed E-state index contributed by atoms with van der Waals surface area (Å²) in [4.78, 5) is 13.6. The molecule has 0 spiro atoms. The van der Waals surface area contributed by atoms with Crippen molar-refractivity contribution in [1.82, 2.24) is 10.2 Å². The van der Waals surface area contributed by atoms with Gasteiger partial charge in [0.15, 0.2) is 0 Å². The lowest BCUT2D eigenvalue weighted by molar-refractivity contribution is -0.123. The Kier molecular flexibility index (Phi) is 3.82. The fourth-order valence-corrected chi connectivity index (χ4v) is 2.45. The number of aliphatic hydroxyl groups excluding tert-OH is 1.